The third-order valence-corrected chi connectivity index (χ3v) is 3.77. The van der Waals surface area contributed by atoms with Crippen molar-refractivity contribution < 1.29 is 9.90 Å². The molecule has 1 aliphatic carbocycles. The Balaban J connectivity index is 2.14. The molecule has 0 aromatic heterocycles. The highest BCUT2D eigenvalue weighted by Gasteiger charge is 2.25. The van der Waals surface area contributed by atoms with Gasteiger partial charge < -0.3 is 15.7 Å². The molecule has 0 spiro atoms. The summed E-state index contributed by atoms with van der Waals surface area (Å²) in [4.78, 5) is 11.5. The third kappa shape index (κ3) is 4.61. The number of hydrogen-bond donors (Lipinski definition) is 3. The van der Waals surface area contributed by atoms with E-state index in [2.05, 4.69) is 10.6 Å². The Morgan fingerprint density at radius 3 is 2.88 bits per heavy atom. The summed E-state index contributed by atoms with van der Waals surface area (Å²) in [5, 5.41) is 15.3. The fourth-order valence-corrected chi connectivity index (χ4v) is 2.63. The highest BCUT2D eigenvalue weighted by molar-refractivity contribution is 7.98. The van der Waals surface area contributed by atoms with E-state index < -0.39 is 0 Å². The molecule has 3 N–H and O–H groups in total. The van der Waals surface area contributed by atoms with Gasteiger partial charge in [-0.2, -0.15) is 11.8 Å². The van der Waals surface area contributed by atoms with Crippen LogP contribution < -0.4 is 10.6 Å². The number of hydrogen-bond acceptors (Lipinski definition) is 3. The van der Waals surface area contributed by atoms with Crippen LogP contribution in [0.1, 0.15) is 26.2 Å². The molecule has 1 fully saturated rings. The lowest BCUT2D eigenvalue weighted by Gasteiger charge is -2.17. The zero-order valence-electron chi connectivity index (χ0n) is 10.0. The Hall–Kier alpha value is -0.420. The Labute approximate surface area is 102 Å². The van der Waals surface area contributed by atoms with Crippen LogP contribution in [0.3, 0.4) is 0 Å². The van der Waals surface area contributed by atoms with Crippen LogP contribution in [0.25, 0.3) is 0 Å². The average Bonchev–Trinajstić information content (AvgIpc) is 2.61. The Kier molecular flexibility index (Phi) is 5.98. The fourth-order valence-electron chi connectivity index (χ4n) is 2.05. The number of nitrogens with one attached hydrogen (secondary N) is 2. The van der Waals surface area contributed by atoms with E-state index in [-0.39, 0.29) is 24.1 Å². The third-order valence-electron chi connectivity index (χ3n) is 2.94. The standard InChI is InChI=1S/C11H22N2O2S/c1-8(7-16-2)13-11(15)12-6-9-4-3-5-10(9)14/h8-10,14H,3-7H2,1-2H3,(H2,12,13,15)/t8-,9-,10+/m0/s1. The van der Waals surface area contributed by atoms with Gasteiger partial charge in [0.2, 0.25) is 0 Å². The lowest BCUT2D eigenvalue weighted by Crippen LogP contribution is -2.44. The van der Waals surface area contributed by atoms with Gasteiger partial charge in [0.05, 0.1) is 6.10 Å². The molecule has 94 valence electrons. The molecular weight excluding hydrogens is 224 g/mol. The number of aliphatic hydroxyl groups is 1. The largest absolute Gasteiger partial charge is 0.393 e. The lowest BCUT2D eigenvalue weighted by atomic mass is 10.1. The number of thioether (sulfide) groups is 1. The van der Waals surface area contributed by atoms with E-state index in [0.29, 0.717) is 6.54 Å². The molecule has 0 aromatic rings. The Morgan fingerprint density at radius 2 is 2.31 bits per heavy atom. The molecular formula is C11H22N2O2S. The molecule has 1 rings (SSSR count). The van der Waals surface area contributed by atoms with Gasteiger partial charge in [-0.3, -0.25) is 0 Å². The molecule has 4 nitrogen and oxygen atoms in total. The predicted molar refractivity (Wildman–Crippen MR) is 67.7 cm³/mol. The maximum absolute atomic E-state index is 11.5. The predicted octanol–water partition coefficient (Wildman–Crippen LogP) is 1.20. The summed E-state index contributed by atoms with van der Waals surface area (Å²) in [5.74, 6) is 1.15. The first kappa shape index (κ1) is 13.6. The minimum atomic E-state index is -0.232. The summed E-state index contributed by atoms with van der Waals surface area (Å²) in [7, 11) is 0. The number of rotatable bonds is 5. The maximum atomic E-state index is 11.5. The SMILES string of the molecule is CSC[C@H](C)NC(=O)NC[C@@H]1CCC[C@H]1O. The number of carbonyl (C=O) groups excluding carboxylic acids is 1. The molecule has 0 unspecified atom stereocenters. The second kappa shape index (κ2) is 7.01. The first-order valence-electron chi connectivity index (χ1n) is 5.85. The van der Waals surface area contributed by atoms with Crippen molar-refractivity contribution in [2.75, 3.05) is 18.6 Å². The van der Waals surface area contributed by atoms with E-state index in [1.807, 2.05) is 13.2 Å². The second-order valence-electron chi connectivity index (χ2n) is 4.47. The van der Waals surface area contributed by atoms with Crippen LogP contribution in [0.15, 0.2) is 0 Å². The molecule has 0 saturated heterocycles. The van der Waals surface area contributed by atoms with Crippen LogP contribution in [0, 0.1) is 5.92 Å². The van der Waals surface area contributed by atoms with E-state index in [9.17, 15) is 9.90 Å². The summed E-state index contributed by atoms with van der Waals surface area (Å²) in [6.45, 7) is 2.57. The van der Waals surface area contributed by atoms with Crippen LogP contribution in [0.4, 0.5) is 4.79 Å². The van der Waals surface area contributed by atoms with E-state index in [0.717, 1.165) is 25.0 Å². The van der Waals surface area contributed by atoms with Gasteiger partial charge in [-0.1, -0.05) is 6.42 Å². The zero-order valence-corrected chi connectivity index (χ0v) is 10.8. The molecule has 0 aromatic carbocycles. The molecule has 16 heavy (non-hydrogen) atoms. The monoisotopic (exact) mass is 246 g/mol. The maximum Gasteiger partial charge on any atom is 0.315 e. The van der Waals surface area contributed by atoms with Crippen LogP contribution >= 0.6 is 11.8 Å². The van der Waals surface area contributed by atoms with Gasteiger partial charge in [-0.25, -0.2) is 4.79 Å². The lowest BCUT2D eigenvalue weighted by molar-refractivity contribution is 0.132. The van der Waals surface area contributed by atoms with Gasteiger partial charge in [0.15, 0.2) is 0 Å². The van der Waals surface area contributed by atoms with E-state index in [1.54, 1.807) is 11.8 Å². The molecule has 2 amide bonds. The van der Waals surface area contributed by atoms with Crippen LogP contribution in [0.2, 0.25) is 0 Å². The van der Waals surface area contributed by atoms with E-state index >= 15 is 0 Å². The summed E-state index contributed by atoms with van der Waals surface area (Å²) in [5.41, 5.74) is 0. The number of aliphatic hydroxyl groups excluding tert-OH is 1. The normalized spacial score (nSPS) is 26.4. The van der Waals surface area contributed by atoms with Gasteiger partial charge in [0.25, 0.3) is 0 Å². The van der Waals surface area contributed by atoms with Crippen molar-refractivity contribution in [2.24, 2.45) is 5.92 Å². The van der Waals surface area contributed by atoms with Gasteiger partial charge in [-0.05, 0) is 26.0 Å². The van der Waals surface area contributed by atoms with Crippen molar-refractivity contribution in [3.8, 4) is 0 Å². The molecule has 3 atom stereocenters. The highest BCUT2D eigenvalue weighted by Crippen LogP contribution is 2.24. The molecule has 1 aliphatic rings. The number of carbonyl (C=O) groups is 1. The van der Waals surface area contributed by atoms with Gasteiger partial charge >= 0.3 is 6.03 Å². The van der Waals surface area contributed by atoms with Gasteiger partial charge in [0.1, 0.15) is 0 Å². The molecule has 5 heteroatoms. The minimum Gasteiger partial charge on any atom is -0.393 e. The quantitative estimate of drug-likeness (QED) is 0.683. The topological polar surface area (TPSA) is 61.4 Å². The first-order valence-corrected chi connectivity index (χ1v) is 7.24. The highest BCUT2D eigenvalue weighted by atomic mass is 32.2. The van der Waals surface area contributed by atoms with Crippen LogP contribution in [-0.2, 0) is 0 Å². The number of urea groups is 1. The summed E-state index contributed by atoms with van der Waals surface area (Å²) < 4.78 is 0. The van der Waals surface area contributed by atoms with Crippen molar-refractivity contribution in [2.45, 2.75) is 38.3 Å². The first-order chi connectivity index (χ1) is 7.63. The van der Waals surface area contributed by atoms with Crippen molar-refractivity contribution in [3.63, 3.8) is 0 Å². The Bertz CT molecular complexity index is 226. The van der Waals surface area contributed by atoms with E-state index in [4.69, 9.17) is 0 Å². The minimum absolute atomic E-state index is 0.124. The smallest absolute Gasteiger partial charge is 0.315 e. The van der Waals surface area contributed by atoms with E-state index in [1.165, 1.54) is 0 Å². The molecule has 0 bridgehead atoms. The summed E-state index contributed by atoms with van der Waals surface area (Å²) >= 11 is 1.71. The average molecular weight is 246 g/mol. The molecule has 0 aliphatic heterocycles. The Morgan fingerprint density at radius 1 is 1.56 bits per heavy atom. The van der Waals surface area contributed by atoms with Crippen molar-refractivity contribution >= 4 is 17.8 Å². The molecule has 1 saturated carbocycles. The molecule has 0 radical (unpaired) electrons. The second-order valence-corrected chi connectivity index (χ2v) is 5.38. The number of amides is 2. The van der Waals surface area contributed by atoms with Gasteiger partial charge in [-0.15, -0.1) is 0 Å². The zero-order chi connectivity index (χ0) is 12.0. The molecule has 0 heterocycles. The van der Waals surface area contributed by atoms with Crippen LogP contribution in [0.5, 0.6) is 0 Å². The fraction of sp³-hybridized carbons (Fsp3) is 0.909. The summed E-state index contributed by atoms with van der Waals surface area (Å²) in [6.07, 6.45) is 4.74. The summed E-state index contributed by atoms with van der Waals surface area (Å²) in [6, 6.07) is 0.0594. The van der Waals surface area contributed by atoms with Crippen LogP contribution in [-0.4, -0.2) is 41.8 Å². The van der Waals surface area contributed by atoms with Crippen molar-refractivity contribution in [3.05, 3.63) is 0 Å². The van der Waals surface area contributed by atoms with Crippen molar-refractivity contribution in [1.82, 2.24) is 10.6 Å². The van der Waals surface area contributed by atoms with Crippen molar-refractivity contribution in [1.29, 1.82) is 0 Å². The van der Waals surface area contributed by atoms with Gasteiger partial charge in [0, 0.05) is 24.3 Å².